The maximum atomic E-state index is 11.7. The van der Waals surface area contributed by atoms with E-state index >= 15 is 0 Å². The van der Waals surface area contributed by atoms with E-state index in [1.54, 1.807) is 11.0 Å². The Morgan fingerprint density at radius 3 is 2.28 bits per heavy atom. The fourth-order valence-electron chi connectivity index (χ4n) is 7.24. The van der Waals surface area contributed by atoms with E-state index in [1.165, 1.54) is 38.5 Å². The summed E-state index contributed by atoms with van der Waals surface area (Å²) in [6, 6.07) is 5.95. The van der Waals surface area contributed by atoms with Gasteiger partial charge in [0.1, 0.15) is 5.69 Å². The molecule has 6 heteroatoms. The molecule has 1 aliphatic heterocycles. The highest BCUT2D eigenvalue weighted by molar-refractivity contribution is 5.69. The summed E-state index contributed by atoms with van der Waals surface area (Å²) in [7, 11) is 2.23. The van der Waals surface area contributed by atoms with Crippen molar-refractivity contribution in [3.8, 4) is 0 Å². The maximum Gasteiger partial charge on any atom is 0.292 e. The van der Waals surface area contributed by atoms with Crippen LogP contribution in [0.3, 0.4) is 0 Å². The lowest BCUT2D eigenvalue weighted by atomic mass is 9.48. The lowest BCUT2D eigenvalue weighted by Gasteiger charge is -2.59. The van der Waals surface area contributed by atoms with Crippen molar-refractivity contribution < 1.29 is 9.82 Å². The normalized spacial score (nSPS) is 35.0. The van der Waals surface area contributed by atoms with Gasteiger partial charge in [0.15, 0.2) is 0 Å². The number of likely N-dealkylation sites (N-methyl/N-ethyl adjacent to an activating group) is 1. The monoisotopic (exact) mass is 399 g/mol. The van der Waals surface area contributed by atoms with Gasteiger partial charge in [0.2, 0.25) is 0 Å². The van der Waals surface area contributed by atoms with E-state index < -0.39 is 0 Å². The van der Waals surface area contributed by atoms with Crippen molar-refractivity contribution >= 4 is 17.1 Å². The average Bonchev–Trinajstić information content (AvgIpc) is 2.67. The first kappa shape index (κ1) is 19.2. The van der Waals surface area contributed by atoms with E-state index in [-0.39, 0.29) is 16.7 Å². The van der Waals surface area contributed by atoms with E-state index in [1.807, 2.05) is 12.1 Å². The van der Waals surface area contributed by atoms with Crippen LogP contribution in [0, 0.1) is 33.3 Å². The molecule has 0 spiro atoms. The van der Waals surface area contributed by atoms with Gasteiger partial charge in [-0.1, -0.05) is 0 Å². The third-order valence-electron chi connectivity index (χ3n) is 8.54. The zero-order valence-electron chi connectivity index (χ0n) is 17.8. The number of nitrogens with one attached hydrogen (secondary N) is 2. The summed E-state index contributed by atoms with van der Waals surface area (Å²) in [6.07, 6.45) is 8.19. The van der Waals surface area contributed by atoms with Crippen molar-refractivity contribution in [1.82, 2.24) is 0 Å². The van der Waals surface area contributed by atoms with Crippen LogP contribution in [0.1, 0.15) is 45.4 Å². The van der Waals surface area contributed by atoms with Crippen LogP contribution in [0.15, 0.2) is 18.2 Å². The summed E-state index contributed by atoms with van der Waals surface area (Å²) >= 11 is 0. The Kier molecular flexibility index (Phi) is 4.72. The minimum atomic E-state index is -0.230. The summed E-state index contributed by atoms with van der Waals surface area (Å²) in [5.74, 6) is 2.67. The molecule has 4 bridgehead atoms. The first-order chi connectivity index (χ1) is 13.9. The molecule has 5 fully saturated rings. The van der Waals surface area contributed by atoms with Crippen molar-refractivity contribution in [1.29, 1.82) is 0 Å². The highest BCUT2D eigenvalue weighted by Crippen LogP contribution is 2.61. The first-order valence-electron chi connectivity index (χ1n) is 11.5. The molecule has 0 amide bonds. The molecule has 0 radical (unpaired) electrons. The Morgan fingerprint density at radius 2 is 1.72 bits per heavy atom. The number of nitro benzene ring substituents is 1. The van der Waals surface area contributed by atoms with Gasteiger partial charge >= 0.3 is 0 Å². The summed E-state index contributed by atoms with van der Waals surface area (Å²) in [5, 5.41) is 15.4. The SMILES string of the molecule is C[C@H](Nc1cc(N2CC[NH+](C)CC2)ccc1[N+](=O)[O-])C12CC3CC(CC(C3)C1)C2. The molecular formula is C23H35N4O2+. The van der Waals surface area contributed by atoms with Gasteiger partial charge in [-0.2, -0.15) is 0 Å². The van der Waals surface area contributed by atoms with E-state index in [9.17, 15) is 10.1 Å². The molecular weight excluding hydrogens is 364 g/mol. The third-order valence-corrected chi connectivity index (χ3v) is 8.54. The lowest BCUT2D eigenvalue weighted by molar-refractivity contribution is -0.880. The summed E-state index contributed by atoms with van der Waals surface area (Å²) in [6.45, 7) is 6.52. The summed E-state index contributed by atoms with van der Waals surface area (Å²) in [4.78, 5) is 15.4. The van der Waals surface area contributed by atoms with Crippen LogP contribution in [0.25, 0.3) is 0 Å². The van der Waals surface area contributed by atoms with Crippen molar-refractivity contribution in [2.45, 2.75) is 51.5 Å². The van der Waals surface area contributed by atoms with Gasteiger partial charge in [0, 0.05) is 17.8 Å². The number of anilines is 2. The molecule has 0 unspecified atom stereocenters. The molecule has 1 aromatic rings. The Labute approximate surface area is 173 Å². The van der Waals surface area contributed by atoms with Crippen LogP contribution < -0.4 is 15.1 Å². The van der Waals surface area contributed by atoms with E-state index in [2.05, 4.69) is 24.2 Å². The van der Waals surface area contributed by atoms with E-state index in [0.29, 0.717) is 11.1 Å². The minimum Gasteiger partial charge on any atom is -0.376 e. The molecule has 4 aliphatic carbocycles. The molecule has 1 aromatic carbocycles. The van der Waals surface area contributed by atoms with E-state index in [0.717, 1.165) is 49.6 Å². The third kappa shape index (κ3) is 3.49. The van der Waals surface area contributed by atoms with Crippen LogP contribution in [-0.2, 0) is 0 Å². The van der Waals surface area contributed by atoms with Crippen molar-refractivity contribution in [2.24, 2.45) is 23.2 Å². The highest BCUT2D eigenvalue weighted by atomic mass is 16.6. The molecule has 1 atom stereocenters. The van der Waals surface area contributed by atoms with Crippen LogP contribution in [0.4, 0.5) is 17.1 Å². The summed E-state index contributed by atoms with van der Waals surface area (Å²) < 4.78 is 0. The molecule has 1 saturated heterocycles. The van der Waals surface area contributed by atoms with Crippen molar-refractivity contribution in [2.75, 3.05) is 43.4 Å². The molecule has 6 rings (SSSR count). The molecule has 2 N–H and O–H groups in total. The lowest BCUT2D eigenvalue weighted by Crippen LogP contribution is -3.12. The maximum absolute atomic E-state index is 11.7. The number of benzene rings is 1. The van der Waals surface area contributed by atoms with Gasteiger partial charge in [-0.05, 0) is 80.8 Å². The zero-order valence-corrected chi connectivity index (χ0v) is 17.8. The second-order valence-electron chi connectivity index (χ2n) is 10.5. The summed E-state index contributed by atoms with van der Waals surface area (Å²) in [5.41, 5.74) is 2.37. The minimum absolute atomic E-state index is 0.213. The van der Waals surface area contributed by atoms with Crippen LogP contribution in [0.2, 0.25) is 0 Å². The fourth-order valence-corrected chi connectivity index (χ4v) is 7.24. The standard InChI is InChI=1S/C23H34N4O2/c1-16(23-13-17-9-18(14-23)11-19(10-17)15-23)24-21-12-20(3-4-22(21)27(28)29)26-7-5-25(2)6-8-26/h3-4,12,16-19,24H,5-11,13-15H2,1-2H3/p+1/t16-,17?,18?,19?,23?/m0/s1. The van der Waals surface area contributed by atoms with Gasteiger partial charge in [0.25, 0.3) is 5.69 Å². The molecule has 0 aromatic heterocycles. The Morgan fingerprint density at radius 1 is 1.14 bits per heavy atom. The predicted octanol–water partition coefficient (Wildman–Crippen LogP) is 2.95. The van der Waals surface area contributed by atoms with Crippen LogP contribution >= 0.6 is 0 Å². The molecule has 5 aliphatic rings. The quantitative estimate of drug-likeness (QED) is 0.590. The molecule has 29 heavy (non-hydrogen) atoms. The number of hydrogen-bond donors (Lipinski definition) is 2. The average molecular weight is 400 g/mol. The number of rotatable bonds is 5. The Hall–Kier alpha value is -1.82. The van der Waals surface area contributed by atoms with Gasteiger partial charge in [0.05, 0.1) is 38.2 Å². The number of nitrogens with zero attached hydrogens (tertiary/aromatic N) is 2. The van der Waals surface area contributed by atoms with Gasteiger partial charge in [-0.3, -0.25) is 10.1 Å². The molecule has 158 valence electrons. The predicted molar refractivity (Wildman–Crippen MR) is 116 cm³/mol. The van der Waals surface area contributed by atoms with E-state index in [4.69, 9.17) is 0 Å². The number of hydrogen-bond acceptors (Lipinski definition) is 4. The Balaban J connectivity index is 1.39. The fraction of sp³-hybridized carbons (Fsp3) is 0.739. The molecule has 4 saturated carbocycles. The second kappa shape index (κ2) is 7.15. The smallest absolute Gasteiger partial charge is 0.292 e. The van der Waals surface area contributed by atoms with Crippen molar-refractivity contribution in [3.05, 3.63) is 28.3 Å². The molecule has 1 heterocycles. The first-order valence-corrected chi connectivity index (χ1v) is 11.5. The van der Waals surface area contributed by atoms with Crippen LogP contribution in [0.5, 0.6) is 0 Å². The Bertz CT molecular complexity index is 752. The topological polar surface area (TPSA) is 62.8 Å². The van der Waals surface area contributed by atoms with Gasteiger partial charge < -0.3 is 15.1 Å². The number of piperazine rings is 1. The van der Waals surface area contributed by atoms with Gasteiger partial charge in [-0.25, -0.2) is 0 Å². The number of nitro groups is 1. The second-order valence-corrected chi connectivity index (χ2v) is 10.5. The van der Waals surface area contributed by atoms with Crippen molar-refractivity contribution in [3.63, 3.8) is 0 Å². The molecule has 6 nitrogen and oxygen atoms in total. The largest absolute Gasteiger partial charge is 0.376 e. The highest BCUT2D eigenvalue weighted by Gasteiger charge is 2.53. The van der Waals surface area contributed by atoms with Crippen LogP contribution in [-0.4, -0.2) is 44.2 Å². The number of quaternary nitrogens is 1. The van der Waals surface area contributed by atoms with Gasteiger partial charge in [-0.15, -0.1) is 0 Å². The zero-order chi connectivity index (χ0) is 20.2.